The van der Waals surface area contributed by atoms with Gasteiger partial charge in [0.25, 0.3) is 0 Å². The highest BCUT2D eigenvalue weighted by Gasteiger charge is 2.41. The molecule has 0 radical (unpaired) electrons. The Morgan fingerprint density at radius 3 is 2.64 bits per heavy atom. The maximum atomic E-state index is 11.2. The highest BCUT2D eigenvalue weighted by Crippen LogP contribution is 2.47. The van der Waals surface area contributed by atoms with E-state index in [0.29, 0.717) is 5.41 Å². The topological polar surface area (TPSA) is 67.2 Å². The molecule has 1 rings (SSSR count). The Morgan fingerprint density at radius 1 is 1.43 bits per heavy atom. The van der Waals surface area contributed by atoms with E-state index in [2.05, 4.69) is 10.6 Å². The van der Waals surface area contributed by atoms with Gasteiger partial charge in [-0.3, -0.25) is 0 Å². The van der Waals surface area contributed by atoms with E-state index in [9.17, 15) is 4.79 Å². The summed E-state index contributed by atoms with van der Waals surface area (Å²) < 4.78 is 0. The fraction of sp³-hybridized carbons (Fsp3) is 0.900. The lowest BCUT2D eigenvalue weighted by Crippen LogP contribution is -2.39. The van der Waals surface area contributed by atoms with Crippen LogP contribution < -0.4 is 16.4 Å². The van der Waals surface area contributed by atoms with Gasteiger partial charge in [0.1, 0.15) is 0 Å². The van der Waals surface area contributed by atoms with Crippen LogP contribution in [0.25, 0.3) is 0 Å². The lowest BCUT2D eigenvalue weighted by atomic mass is 10.0. The first-order chi connectivity index (χ1) is 6.72. The van der Waals surface area contributed by atoms with Gasteiger partial charge in [-0.15, -0.1) is 0 Å². The number of hydrogen-bond acceptors (Lipinski definition) is 2. The normalized spacial score (nSPS) is 17.6. The molecule has 14 heavy (non-hydrogen) atoms. The first-order valence-electron chi connectivity index (χ1n) is 5.44. The van der Waals surface area contributed by atoms with E-state index in [1.54, 1.807) is 0 Å². The molecule has 4 heteroatoms. The highest BCUT2D eigenvalue weighted by atomic mass is 16.2. The molecule has 0 aliphatic heterocycles. The molecule has 1 aliphatic rings. The van der Waals surface area contributed by atoms with Crippen molar-refractivity contribution in [2.24, 2.45) is 11.1 Å². The highest BCUT2D eigenvalue weighted by molar-refractivity contribution is 5.73. The van der Waals surface area contributed by atoms with Gasteiger partial charge in [-0.05, 0) is 37.6 Å². The molecule has 0 aromatic rings. The summed E-state index contributed by atoms with van der Waals surface area (Å²) in [6.45, 7) is 4.28. The molecule has 0 spiro atoms. The lowest BCUT2D eigenvalue weighted by Gasteiger charge is -2.14. The summed E-state index contributed by atoms with van der Waals surface area (Å²) >= 11 is 0. The van der Waals surface area contributed by atoms with Gasteiger partial charge >= 0.3 is 6.03 Å². The second-order valence-corrected chi connectivity index (χ2v) is 4.15. The Hall–Kier alpha value is -0.770. The van der Waals surface area contributed by atoms with Crippen molar-refractivity contribution in [3.63, 3.8) is 0 Å². The van der Waals surface area contributed by atoms with Crippen LogP contribution in [0.5, 0.6) is 0 Å². The van der Waals surface area contributed by atoms with Crippen molar-refractivity contribution in [1.82, 2.24) is 10.6 Å². The predicted molar refractivity (Wildman–Crippen MR) is 57.0 cm³/mol. The third kappa shape index (κ3) is 3.54. The van der Waals surface area contributed by atoms with Crippen molar-refractivity contribution in [2.75, 3.05) is 19.6 Å². The second-order valence-electron chi connectivity index (χ2n) is 4.15. The fourth-order valence-electron chi connectivity index (χ4n) is 1.57. The Labute approximate surface area is 85.6 Å². The van der Waals surface area contributed by atoms with Crippen molar-refractivity contribution in [2.45, 2.75) is 32.6 Å². The molecule has 1 fully saturated rings. The number of carbonyl (C=O) groups is 1. The monoisotopic (exact) mass is 199 g/mol. The van der Waals surface area contributed by atoms with Gasteiger partial charge in [0.2, 0.25) is 0 Å². The molecule has 1 aliphatic carbocycles. The standard InChI is InChI=1S/C10H21N3O/c1-2-7-12-9(14)13-8-10(3-4-10)5-6-11/h2-8,11H2,1H3,(H2,12,13,14). The summed E-state index contributed by atoms with van der Waals surface area (Å²) in [6.07, 6.45) is 4.42. The zero-order valence-corrected chi connectivity index (χ0v) is 8.94. The van der Waals surface area contributed by atoms with Gasteiger partial charge in [0, 0.05) is 13.1 Å². The Balaban J connectivity index is 2.10. The molecule has 4 N–H and O–H groups in total. The van der Waals surface area contributed by atoms with Crippen LogP contribution in [0.3, 0.4) is 0 Å². The fourth-order valence-corrected chi connectivity index (χ4v) is 1.57. The number of nitrogens with two attached hydrogens (primary N) is 1. The van der Waals surface area contributed by atoms with Crippen LogP contribution in [0.4, 0.5) is 4.79 Å². The van der Waals surface area contributed by atoms with Gasteiger partial charge in [0.15, 0.2) is 0 Å². The van der Waals surface area contributed by atoms with E-state index in [4.69, 9.17) is 5.73 Å². The minimum atomic E-state index is -0.0462. The molecular weight excluding hydrogens is 178 g/mol. The molecule has 0 aromatic heterocycles. The number of rotatable bonds is 6. The van der Waals surface area contributed by atoms with E-state index in [1.807, 2.05) is 6.92 Å². The SMILES string of the molecule is CCCNC(=O)NCC1(CCN)CC1. The summed E-state index contributed by atoms with van der Waals surface area (Å²) in [7, 11) is 0. The summed E-state index contributed by atoms with van der Waals surface area (Å²) in [5, 5.41) is 5.69. The Bertz CT molecular complexity index is 190. The molecule has 82 valence electrons. The van der Waals surface area contributed by atoms with Crippen LogP contribution in [0, 0.1) is 5.41 Å². The minimum absolute atomic E-state index is 0.0462. The van der Waals surface area contributed by atoms with Gasteiger partial charge in [-0.1, -0.05) is 6.92 Å². The van der Waals surface area contributed by atoms with E-state index in [1.165, 1.54) is 12.8 Å². The zero-order valence-electron chi connectivity index (χ0n) is 8.94. The van der Waals surface area contributed by atoms with Crippen molar-refractivity contribution in [1.29, 1.82) is 0 Å². The van der Waals surface area contributed by atoms with Crippen LogP contribution in [-0.2, 0) is 0 Å². The van der Waals surface area contributed by atoms with Crippen molar-refractivity contribution in [3.8, 4) is 0 Å². The molecule has 0 bridgehead atoms. The predicted octanol–water partition coefficient (Wildman–Crippen LogP) is 0.825. The van der Waals surface area contributed by atoms with E-state index in [0.717, 1.165) is 32.5 Å². The molecule has 0 saturated heterocycles. The number of amides is 2. The third-order valence-corrected chi connectivity index (χ3v) is 2.79. The summed E-state index contributed by atoms with van der Waals surface area (Å²) in [4.78, 5) is 11.2. The number of urea groups is 1. The third-order valence-electron chi connectivity index (χ3n) is 2.79. The molecule has 1 saturated carbocycles. The molecule has 0 atom stereocenters. The molecule has 0 heterocycles. The lowest BCUT2D eigenvalue weighted by molar-refractivity contribution is 0.237. The number of hydrogen-bond donors (Lipinski definition) is 3. The van der Waals surface area contributed by atoms with Crippen LogP contribution in [0.2, 0.25) is 0 Å². The average molecular weight is 199 g/mol. The molecule has 4 nitrogen and oxygen atoms in total. The van der Waals surface area contributed by atoms with Gasteiger partial charge < -0.3 is 16.4 Å². The molecular formula is C10H21N3O. The molecule has 0 unspecified atom stereocenters. The number of nitrogens with one attached hydrogen (secondary N) is 2. The average Bonchev–Trinajstić information content (AvgIpc) is 2.93. The molecule has 2 amide bonds. The van der Waals surface area contributed by atoms with E-state index < -0.39 is 0 Å². The maximum absolute atomic E-state index is 11.2. The Morgan fingerprint density at radius 2 is 2.14 bits per heavy atom. The van der Waals surface area contributed by atoms with Gasteiger partial charge in [0.05, 0.1) is 0 Å². The smallest absolute Gasteiger partial charge is 0.314 e. The summed E-state index contributed by atoms with van der Waals surface area (Å²) in [5.41, 5.74) is 5.84. The van der Waals surface area contributed by atoms with Crippen molar-refractivity contribution < 1.29 is 4.79 Å². The first kappa shape index (κ1) is 11.3. The van der Waals surface area contributed by atoms with Crippen LogP contribution >= 0.6 is 0 Å². The first-order valence-corrected chi connectivity index (χ1v) is 5.44. The largest absolute Gasteiger partial charge is 0.338 e. The van der Waals surface area contributed by atoms with Crippen LogP contribution in [0.1, 0.15) is 32.6 Å². The van der Waals surface area contributed by atoms with Gasteiger partial charge in [-0.25, -0.2) is 4.79 Å². The summed E-state index contributed by atoms with van der Waals surface area (Å²) in [5.74, 6) is 0. The van der Waals surface area contributed by atoms with Crippen molar-refractivity contribution >= 4 is 6.03 Å². The van der Waals surface area contributed by atoms with Crippen LogP contribution in [-0.4, -0.2) is 25.7 Å². The van der Waals surface area contributed by atoms with E-state index in [-0.39, 0.29) is 6.03 Å². The second kappa shape index (κ2) is 5.20. The van der Waals surface area contributed by atoms with Crippen LogP contribution in [0.15, 0.2) is 0 Å². The van der Waals surface area contributed by atoms with Crippen molar-refractivity contribution in [3.05, 3.63) is 0 Å². The van der Waals surface area contributed by atoms with Gasteiger partial charge in [-0.2, -0.15) is 0 Å². The number of carbonyl (C=O) groups excluding carboxylic acids is 1. The maximum Gasteiger partial charge on any atom is 0.314 e. The van der Waals surface area contributed by atoms with E-state index >= 15 is 0 Å². The molecule has 0 aromatic carbocycles. The Kier molecular flexibility index (Phi) is 4.20. The summed E-state index contributed by atoms with van der Waals surface area (Å²) in [6, 6.07) is -0.0462. The zero-order chi connectivity index (χ0) is 10.4. The minimum Gasteiger partial charge on any atom is -0.338 e. The quantitative estimate of drug-likeness (QED) is 0.593.